The van der Waals surface area contributed by atoms with Crippen molar-refractivity contribution < 1.29 is 9.13 Å². The van der Waals surface area contributed by atoms with Crippen LogP contribution in [0.1, 0.15) is 5.56 Å². The Morgan fingerprint density at radius 1 is 1.36 bits per heavy atom. The number of rotatable bonds is 3. The van der Waals surface area contributed by atoms with E-state index < -0.39 is 5.82 Å². The van der Waals surface area contributed by atoms with Crippen LogP contribution in [0.25, 0.3) is 21.1 Å². The fourth-order valence-corrected chi connectivity index (χ4v) is 4.60. The van der Waals surface area contributed by atoms with Gasteiger partial charge in [-0.05, 0) is 39.7 Å². The third-order valence-electron chi connectivity index (χ3n) is 4.19. The molecule has 1 aromatic carbocycles. The van der Waals surface area contributed by atoms with Gasteiger partial charge in [0.15, 0.2) is 11.6 Å². The van der Waals surface area contributed by atoms with Crippen molar-refractivity contribution in [2.24, 2.45) is 7.05 Å². The first-order valence-electron chi connectivity index (χ1n) is 7.45. The van der Waals surface area contributed by atoms with Gasteiger partial charge in [-0.25, -0.2) is 9.07 Å². The third-order valence-corrected chi connectivity index (χ3v) is 5.85. The first-order valence-corrected chi connectivity index (χ1v) is 9.06. The molecule has 5 nitrogen and oxygen atoms in total. The minimum atomic E-state index is -0.435. The van der Waals surface area contributed by atoms with Gasteiger partial charge in [-0.15, -0.1) is 11.3 Å². The lowest BCUT2D eigenvalue weighted by Gasteiger charge is -2.08. The third kappa shape index (κ3) is 2.56. The van der Waals surface area contributed by atoms with Crippen LogP contribution >= 0.6 is 27.3 Å². The molecule has 0 spiro atoms. The first kappa shape index (κ1) is 16.3. The van der Waals surface area contributed by atoms with Gasteiger partial charge in [0, 0.05) is 12.4 Å². The van der Waals surface area contributed by atoms with E-state index in [0.717, 1.165) is 25.0 Å². The van der Waals surface area contributed by atoms with Crippen LogP contribution in [0, 0.1) is 5.82 Å². The fraction of sp³-hybridized carbons (Fsp3) is 0.176. The van der Waals surface area contributed by atoms with Crippen molar-refractivity contribution in [3.63, 3.8) is 0 Å². The number of halogens is 2. The standard InChI is InChI=1S/C17H13BrFN3O2S/c1-21-12-6-14(18)25-16(12)10-7-20-22(17(23)15(10)21)8-9-3-4-11(19)13(5-9)24-2/h3-7H,8H2,1-2H3. The molecule has 0 unspecified atom stereocenters. The topological polar surface area (TPSA) is 49.0 Å². The second-order valence-corrected chi connectivity index (χ2v) is 8.09. The van der Waals surface area contributed by atoms with Gasteiger partial charge in [-0.2, -0.15) is 5.10 Å². The van der Waals surface area contributed by atoms with Gasteiger partial charge >= 0.3 is 0 Å². The highest BCUT2D eigenvalue weighted by Gasteiger charge is 2.16. The van der Waals surface area contributed by atoms with Gasteiger partial charge in [-0.3, -0.25) is 4.79 Å². The molecule has 0 aliphatic heterocycles. The van der Waals surface area contributed by atoms with Crippen molar-refractivity contribution in [1.82, 2.24) is 14.3 Å². The summed E-state index contributed by atoms with van der Waals surface area (Å²) in [6.07, 6.45) is 1.71. The van der Waals surface area contributed by atoms with Crippen molar-refractivity contribution in [1.29, 1.82) is 0 Å². The number of methoxy groups -OCH3 is 1. The van der Waals surface area contributed by atoms with Crippen molar-refractivity contribution in [3.05, 3.63) is 56.0 Å². The van der Waals surface area contributed by atoms with Crippen molar-refractivity contribution >= 4 is 48.4 Å². The molecular weight excluding hydrogens is 409 g/mol. The van der Waals surface area contributed by atoms with Crippen molar-refractivity contribution in [2.45, 2.75) is 6.54 Å². The Hall–Kier alpha value is -2.19. The van der Waals surface area contributed by atoms with Crippen LogP contribution < -0.4 is 10.3 Å². The van der Waals surface area contributed by atoms with Crippen LogP contribution in [0.15, 0.2) is 39.0 Å². The monoisotopic (exact) mass is 421 g/mol. The minimum absolute atomic E-state index is 0.149. The summed E-state index contributed by atoms with van der Waals surface area (Å²) in [7, 11) is 3.28. The Balaban J connectivity index is 1.85. The van der Waals surface area contributed by atoms with Crippen LogP contribution in [-0.4, -0.2) is 21.5 Å². The average Bonchev–Trinajstić information content (AvgIpc) is 3.09. The van der Waals surface area contributed by atoms with Gasteiger partial charge < -0.3 is 9.30 Å². The van der Waals surface area contributed by atoms with Crippen LogP contribution in [0.5, 0.6) is 5.75 Å². The highest BCUT2D eigenvalue weighted by Crippen LogP contribution is 2.35. The number of hydrogen-bond donors (Lipinski definition) is 0. The number of aromatic nitrogens is 3. The lowest BCUT2D eigenvalue weighted by molar-refractivity contribution is 0.385. The average molecular weight is 422 g/mol. The van der Waals surface area contributed by atoms with E-state index >= 15 is 0 Å². The van der Waals surface area contributed by atoms with Crippen LogP contribution in [-0.2, 0) is 13.6 Å². The Labute approximate surface area is 154 Å². The zero-order chi connectivity index (χ0) is 17.7. The maximum absolute atomic E-state index is 13.5. The Morgan fingerprint density at radius 3 is 2.92 bits per heavy atom. The largest absolute Gasteiger partial charge is 0.494 e. The van der Waals surface area contributed by atoms with Crippen LogP contribution in [0.4, 0.5) is 4.39 Å². The fourth-order valence-electron chi connectivity index (χ4n) is 2.97. The summed E-state index contributed by atoms with van der Waals surface area (Å²) in [6.45, 7) is 0.244. The zero-order valence-electron chi connectivity index (χ0n) is 13.4. The van der Waals surface area contributed by atoms with E-state index in [9.17, 15) is 9.18 Å². The molecule has 0 atom stereocenters. The maximum Gasteiger partial charge on any atom is 0.291 e. The highest BCUT2D eigenvalue weighted by molar-refractivity contribution is 9.11. The SMILES string of the molecule is COc1cc(Cn2ncc3c4sc(Br)cc4n(C)c3c2=O)ccc1F. The molecule has 0 saturated carbocycles. The van der Waals surface area contributed by atoms with E-state index in [1.807, 2.05) is 17.7 Å². The predicted octanol–water partition coefficient (Wildman–Crippen LogP) is 3.91. The predicted molar refractivity (Wildman–Crippen MR) is 100 cm³/mol. The van der Waals surface area contributed by atoms with Crippen LogP contribution in [0.2, 0.25) is 0 Å². The summed E-state index contributed by atoms with van der Waals surface area (Å²) >= 11 is 5.06. The lowest BCUT2D eigenvalue weighted by atomic mass is 10.2. The Morgan fingerprint density at radius 2 is 2.16 bits per heavy atom. The zero-order valence-corrected chi connectivity index (χ0v) is 15.8. The molecule has 4 rings (SSSR count). The molecule has 0 N–H and O–H groups in total. The van der Waals surface area contributed by atoms with E-state index in [-0.39, 0.29) is 17.9 Å². The molecule has 0 saturated heterocycles. The molecule has 25 heavy (non-hydrogen) atoms. The van der Waals surface area contributed by atoms with Gasteiger partial charge in [0.2, 0.25) is 0 Å². The summed E-state index contributed by atoms with van der Waals surface area (Å²) in [4.78, 5) is 12.9. The number of fused-ring (bicyclic) bond motifs is 3. The summed E-state index contributed by atoms with van der Waals surface area (Å²) in [5.74, 6) is -0.286. The highest BCUT2D eigenvalue weighted by atomic mass is 79.9. The quantitative estimate of drug-likeness (QED) is 0.503. The second-order valence-electron chi connectivity index (χ2n) is 5.66. The molecule has 3 aromatic heterocycles. The molecular formula is C17H13BrFN3O2S. The van der Waals surface area contributed by atoms with E-state index in [2.05, 4.69) is 21.0 Å². The first-order chi connectivity index (χ1) is 12.0. The summed E-state index contributed by atoms with van der Waals surface area (Å²) in [5.41, 5.74) is 2.17. The van der Waals surface area contributed by atoms with Crippen molar-refractivity contribution in [3.8, 4) is 5.75 Å². The molecule has 0 radical (unpaired) electrons. The normalized spacial score (nSPS) is 11.5. The summed E-state index contributed by atoms with van der Waals surface area (Å²) in [5, 5.41) is 5.14. The van der Waals surface area contributed by atoms with E-state index in [1.54, 1.807) is 29.7 Å². The molecule has 0 aliphatic rings. The van der Waals surface area contributed by atoms with Crippen molar-refractivity contribution in [2.75, 3.05) is 7.11 Å². The maximum atomic E-state index is 13.5. The van der Waals surface area contributed by atoms with E-state index in [0.29, 0.717) is 5.52 Å². The number of aryl methyl sites for hydroxylation is 1. The number of nitrogens with zero attached hydrogens (tertiary/aromatic N) is 3. The van der Waals surface area contributed by atoms with E-state index in [4.69, 9.17) is 4.74 Å². The lowest BCUT2D eigenvalue weighted by Crippen LogP contribution is -2.24. The Bertz CT molecular complexity index is 1180. The minimum Gasteiger partial charge on any atom is -0.494 e. The number of thiophene rings is 1. The molecule has 0 fully saturated rings. The molecule has 8 heteroatoms. The number of benzene rings is 1. The Kier molecular flexibility index (Phi) is 3.88. The number of ether oxygens (including phenoxy) is 1. The second kappa shape index (κ2) is 5.96. The molecule has 0 bridgehead atoms. The van der Waals surface area contributed by atoms with Gasteiger partial charge in [0.25, 0.3) is 5.56 Å². The molecule has 0 amide bonds. The van der Waals surface area contributed by atoms with Gasteiger partial charge in [-0.1, -0.05) is 6.07 Å². The summed E-state index contributed by atoms with van der Waals surface area (Å²) < 4.78 is 23.9. The molecule has 128 valence electrons. The van der Waals surface area contributed by atoms with Crippen LogP contribution in [0.3, 0.4) is 0 Å². The molecule has 4 aromatic rings. The smallest absolute Gasteiger partial charge is 0.291 e. The molecule has 0 aliphatic carbocycles. The number of hydrogen-bond acceptors (Lipinski definition) is 4. The van der Waals surface area contributed by atoms with E-state index in [1.165, 1.54) is 17.9 Å². The van der Waals surface area contributed by atoms with Gasteiger partial charge in [0.1, 0.15) is 5.52 Å². The molecule has 3 heterocycles. The van der Waals surface area contributed by atoms with Gasteiger partial charge in [0.05, 0.1) is 33.9 Å². The summed E-state index contributed by atoms with van der Waals surface area (Å²) in [6, 6.07) is 6.52.